The summed E-state index contributed by atoms with van der Waals surface area (Å²) >= 11 is 5.92. The molecule has 0 bridgehead atoms. The van der Waals surface area contributed by atoms with Crippen molar-refractivity contribution >= 4 is 28.8 Å². The lowest BCUT2D eigenvalue weighted by atomic mass is 10.2. The second-order valence-electron chi connectivity index (χ2n) is 6.66. The molecule has 0 radical (unpaired) electrons. The lowest BCUT2D eigenvalue weighted by molar-refractivity contribution is 0.102. The number of benzene rings is 2. The topological polar surface area (TPSA) is 81.9 Å². The molecule has 0 aliphatic rings. The first-order valence-electron chi connectivity index (χ1n) is 9.38. The van der Waals surface area contributed by atoms with Crippen molar-refractivity contribution in [2.24, 2.45) is 0 Å². The van der Waals surface area contributed by atoms with Crippen LogP contribution in [0, 0.1) is 0 Å². The maximum Gasteiger partial charge on any atom is 0.258 e. The maximum atomic E-state index is 12.4. The number of hydrogen-bond acceptors (Lipinski definition) is 5. The molecule has 2 aromatic carbocycles. The van der Waals surface area contributed by atoms with Crippen LogP contribution < -0.4 is 20.3 Å². The predicted octanol–water partition coefficient (Wildman–Crippen LogP) is 4.19. The molecule has 0 aliphatic heterocycles. The monoisotopic (exact) mass is 435 g/mol. The average Bonchev–Trinajstić information content (AvgIpc) is 2.79. The Labute approximate surface area is 182 Å². The van der Waals surface area contributed by atoms with E-state index >= 15 is 0 Å². The van der Waals surface area contributed by atoms with Gasteiger partial charge in [-0.15, -0.1) is 0 Å². The third kappa shape index (κ3) is 4.84. The Morgan fingerprint density at radius 3 is 2.65 bits per heavy atom. The molecule has 0 saturated carbocycles. The Balaban J connectivity index is 1.41. The van der Waals surface area contributed by atoms with Gasteiger partial charge >= 0.3 is 0 Å². The fraction of sp³-hybridized carbons (Fsp3) is 0.0870. The van der Waals surface area contributed by atoms with E-state index in [0.29, 0.717) is 39.1 Å². The number of rotatable bonds is 6. The zero-order valence-electron chi connectivity index (χ0n) is 16.5. The Morgan fingerprint density at radius 2 is 1.87 bits per heavy atom. The molecular weight excluding hydrogens is 418 g/mol. The summed E-state index contributed by atoms with van der Waals surface area (Å²) in [5.41, 5.74) is 1.88. The standard InChI is InChI=1S/C23H18ClN3O4/c1-30-20-4-2-3-15(11-20)23(29)26-17-6-8-19(9-7-17)31-14-18-12-22(28)27-13-16(24)5-10-21(27)25-18/h2-13H,14H2,1H3,(H,26,29). The number of pyridine rings is 1. The molecule has 31 heavy (non-hydrogen) atoms. The minimum absolute atomic E-state index is 0.129. The van der Waals surface area contributed by atoms with Gasteiger partial charge in [-0.25, -0.2) is 4.98 Å². The molecule has 0 unspecified atom stereocenters. The van der Waals surface area contributed by atoms with Gasteiger partial charge in [0.15, 0.2) is 0 Å². The van der Waals surface area contributed by atoms with Gasteiger partial charge in [0.1, 0.15) is 23.8 Å². The number of nitrogens with zero attached hydrogens (tertiary/aromatic N) is 2. The van der Waals surface area contributed by atoms with Crippen molar-refractivity contribution in [2.75, 3.05) is 12.4 Å². The fourth-order valence-electron chi connectivity index (χ4n) is 2.96. The number of amides is 1. The lowest BCUT2D eigenvalue weighted by Gasteiger charge is -2.09. The minimum Gasteiger partial charge on any atom is -0.497 e. The quantitative estimate of drug-likeness (QED) is 0.491. The van der Waals surface area contributed by atoms with Gasteiger partial charge in [-0.3, -0.25) is 14.0 Å². The Kier molecular flexibility index (Phi) is 5.86. The number of nitrogens with one attached hydrogen (secondary N) is 1. The summed E-state index contributed by atoms with van der Waals surface area (Å²) in [6.45, 7) is 0.129. The van der Waals surface area contributed by atoms with E-state index in [4.69, 9.17) is 21.1 Å². The van der Waals surface area contributed by atoms with Crippen molar-refractivity contribution in [2.45, 2.75) is 6.61 Å². The van der Waals surface area contributed by atoms with E-state index < -0.39 is 0 Å². The molecule has 4 aromatic rings. The highest BCUT2D eigenvalue weighted by molar-refractivity contribution is 6.30. The molecule has 0 atom stereocenters. The zero-order valence-corrected chi connectivity index (χ0v) is 17.3. The number of fused-ring (bicyclic) bond motifs is 1. The summed E-state index contributed by atoms with van der Waals surface area (Å²) in [6.07, 6.45) is 1.52. The lowest BCUT2D eigenvalue weighted by Crippen LogP contribution is -2.16. The second kappa shape index (κ2) is 8.89. The molecule has 7 nitrogen and oxygen atoms in total. The predicted molar refractivity (Wildman–Crippen MR) is 118 cm³/mol. The first-order chi connectivity index (χ1) is 15.0. The van der Waals surface area contributed by atoms with Gasteiger partial charge in [-0.2, -0.15) is 0 Å². The highest BCUT2D eigenvalue weighted by Crippen LogP contribution is 2.19. The first-order valence-corrected chi connectivity index (χ1v) is 9.76. The number of carbonyl (C=O) groups is 1. The second-order valence-corrected chi connectivity index (χ2v) is 7.10. The fourth-order valence-corrected chi connectivity index (χ4v) is 3.12. The van der Waals surface area contributed by atoms with Gasteiger partial charge in [0.2, 0.25) is 0 Å². The summed E-state index contributed by atoms with van der Waals surface area (Å²) in [6, 6.07) is 18.6. The van der Waals surface area contributed by atoms with Crippen LogP contribution in [-0.4, -0.2) is 22.4 Å². The highest BCUT2D eigenvalue weighted by atomic mass is 35.5. The van der Waals surface area contributed by atoms with Crippen LogP contribution in [0.1, 0.15) is 16.1 Å². The number of hydrogen-bond donors (Lipinski definition) is 1. The smallest absolute Gasteiger partial charge is 0.258 e. The minimum atomic E-state index is -0.242. The zero-order chi connectivity index (χ0) is 21.8. The molecule has 2 heterocycles. The van der Waals surface area contributed by atoms with Crippen LogP contribution in [0.25, 0.3) is 5.65 Å². The van der Waals surface area contributed by atoms with Crippen molar-refractivity contribution in [1.82, 2.24) is 9.38 Å². The Morgan fingerprint density at radius 1 is 1.06 bits per heavy atom. The molecule has 2 aromatic heterocycles. The Bertz CT molecular complexity index is 1300. The molecule has 4 rings (SSSR count). The number of ether oxygens (including phenoxy) is 2. The van der Waals surface area contributed by atoms with Crippen LogP contribution >= 0.6 is 11.6 Å². The van der Waals surface area contributed by atoms with Crippen molar-refractivity contribution in [3.8, 4) is 11.5 Å². The van der Waals surface area contributed by atoms with Crippen molar-refractivity contribution in [3.05, 3.63) is 99.6 Å². The Hall–Kier alpha value is -3.84. The number of methoxy groups -OCH3 is 1. The summed E-state index contributed by atoms with van der Waals surface area (Å²) in [5, 5.41) is 3.28. The summed E-state index contributed by atoms with van der Waals surface area (Å²) in [5.74, 6) is 0.951. The van der Waals surface area contributed by atoms with E-state index in [-0.39, 0.29) is 18.1 Å². The van der Waals surface area contributed by atoms with Crippen molar-refractivity contribution in [1.29, 1.82) is 0 Å². The number of aromatic nitrogens is 2. The largest absolute Gasteiger partial charge is 0.497 e. The van der Waals surface area contributed by atoms with Gasteiger partial charge in [0, 0.05) is 23.5 Å². The SMILES string of the molecule is COc1cccc(C(=O)Nc2ccc(OCc3cc(=O)n4cc(Cl)ccc4n3)cc2)c1. The van der Waals surface area contributed by atoms with E-state index in [1.54, 1.807) is 67.8 Å². The third-order valence-corrected chi connectivity index (χ3v) is 4.73. The molecule has 0 aliphatic carbocycles. The first kappa shape index (κ1) is 20.4. The van der Waals surface area contributed by atoms with Gasteiger partial charge in [0.05, 0.1) is 17.8 Å². The van der Waals surface area contributed by atoms with Crippen LogP contribution in [-0.2, 0) is 6.61 Å². The van der Waals surface area contributed by atoms with E-state index in [2.05, 4.69) is 10.3 Å². The van der Waals surface area contributed by atoms with E-state index in [1.165, 1.54) is 16.7 Å². The van der Waals surface area contributed by atoms with Gasteiger partial charge in [0.25, 0.3) is 11.5 Å². The molecule has 0 spiro atoms. The molecule has 0 saturated heterocycles. The molecule has 1 amide bonds. The number of anilines is 1. The summed E-state index contributed by atoms with van der Waals surface area (Å²) in [7, 11) is 1.55. The molecule has 1 N–H and O–H groups in total. The van der Waals surface area contributed by atoms with Crippen LogP contribution in [0.15, 0.2) is 77.7 Å². The van der Waals surface area contributed by atoms with Crippen LogP contribution in [0.4, 0.5) is 5.69 Å². The van der Waals surface area contributed by atoms with Gasteiger partial charge < -0.3 is 14.8 Å². The number of carbonyl (C=O) groups excluding carboxylic acids is 1. The van der Waals surface area contributed by atoms with E-state index in [1.807, 2.05) is 0 Å². The molecule has 0 fully saturated rings. The number of halogens is 1. The van der Waals surface area contributed by atoms with Gasteiger partial charge in [-0.1, -0.05) is 17.7 Å². The molecule has 8 heteroatoms. The highest BCUT2D eigenvalue weighted by Gasteiger charge is 2.08. The van der Waals surface area contributed by atoms with Crippen LogP contribution in [0.5, 0.6) is 11.5 Å². The normalized spacial score (nSPS) is 10.6. The average molecular weight is 436 g/mol. The van der Waals surface area contributed by atoms with Crippen LogP contribution in [0.3, 0.4) is 0 Å². The van der Waals surface area contributed by atoms with E-state index in [0.717, 1.165) is 0 Å². The summed E-state index contributed by atoms with van der Waals surface area (Å²) in [4.78, 5) is 29.0. The van der Waals surface area contributed by atoms with Gasteiger partial charge in [-0.05, 0) is 54.6 Å². The van der Waals surface area contributed by atoms with Crippen molar-refractivity contribution < 1.29 is 14.3 Å². The maximum absolute atomic E-state index is 12.4. The van der Waals surface area contributed by atoms with E-state index in [9.17, 15) is 9.59 Å². The molecular formula is C23H18ClN3O4. The molecule has 156 valence electrons. The van der Waals surface area contributed by atoms with Crippen molar-refractivity contribution in [3.63, 3.8) is 0 Å². The third-order valence-electron chi connectivity index (χ3n) is 4.51. The van der Waals surface area contributed by atoms with Crippen LogP contribution in [0.2, 0.25) is 5.02 Å². The summed E-state index contributed by atoms with van der Waals surface area (Å²) < 4.78 is 12.3.